The van der Waals surface area contributed by atoms with Crippen molar-refractivity contribution >= 4 is 28.2 Å². The van der Waals surface area contributed by atoms with E-state index in [1.807, 2.05) is 0 Å². The van der Waals surface area contributed by atoms with Crippen LogP contribution in [0.2, 0.25) is 0 Å². The Kier molecular flexibility index (Phi) is 3.75. The van der Waals surface area contributed by atoms with Crippen molar-refractivity contribution in [3.63, 3.8) is 0 Å². The zero-order chi connectivity index (χ0) is 18.4. The third-order valence-electron chi connectivity index (χ3n) is 4.76. The minimum absolute atomic E-state index is 0.106. The van der Waals surface area contributed by atoms with E-state index in [2.05, 4.69) is 20.2 Å². The molecule has 0 saturated carbocycles. The van der Waals surface area contributed by atoms with Gasteiger partial charge in [0, 0.05) is 18.7 Å². The number of nitrogens with one attached hydrogen (secondary N) is 1. The number of imidazole rings is 1. The molecule has 4 heterocycles. The van der Waals surface area contributed by atoms with Crippen LogP contribution in [0.15, 0.2) is 40.5 Å². The van der Waals surface area contributed by atoms with Crippen LogP contribution in [-0.4, -0.2) is 37.5 Å². The van der Waals surface area contributed by atoms with E-state index >= 15 is 4.39 Å². The largest absolute Gasteiger partial charge is 0.455 e. The first kappa shape index (κ1) is 16.1. The van der Waals surface area contributed by atoms with Crippen LogP contribution < -0.4 is 0 Å². The molecule has 1 N–H and O–H groups in total. The lowest BCUT2D eigenvalue weighted by molar-refractivity contribution is -0.133. The van der Waals surface area contributed by atoms with Crippen LogP contribution in [0, 0.1) is 5.82 Å². The summed E-state index contributed by atoms with van der Waals surface area (Å²) in [6, 6.07) is 6.20. The molecule has 27 heavy (non-hydrogen) atoms. The fourth-order valence-corrected chi connectivity index (χ4v) is 4.04. The molecule has 5 rings (SSSR count). The normalized spacial score (nSPS) is 16.6. The molecule has 0 radical (unpaired) electrons. The summed E-state index contributed by atoms with van der Waals surface area (Å²) in [4.78, 5) is 22.0. The predicted molar refractivity (Wildman–Crippen MR) is 95.6 cm³/mol. The number of amides is 1. The zero-order valence-corrected chi connectivity index (χ0v) is 14.9. The second kappa shape index (κ2) is 6.27. The number of nitrogens with zero attached hydrogens (tertiary/aromatic N) is 4. The molecular weight excluding hydrogens is 369 g/mol. The SMILES string of the molecule is O=C(Cc1nncs1)N1CCc2[nH]cnc2[C@@H]1c1oc2ccccc2c1F. The number of para-hydroxylation sites is 1. The highest BCUT2D eigenvalue weighted by Gasteiger charge is 2.38. The molecule has 0 unspecified atom stereocenters. The molecule has 0 fully saturated rings. The van der Waals surface area contributed by atoms with Crippen molar-refractivity contribution < 1.29 is 13.6 Å². The molecule has 3 aromatic heterocycles. The van der Waals surface area contributed by atoms with Gasteiger partial charge in [0.05, 0.1) is 23.8 Å². The molecule has 0 saturated heterocycles. The van der Waals surface area contributed by atoms with E-state index < -0.39 is 11.9 Å². The van der Waals surface area contributed by atoms with Gasteiger partial charge in [0.15, 0.2) is 11.6 Å². The van der Waals surface area contributed by atoms with E-state index in [1.54, 1.807) is 41.0 Å². The number of hydrogen-bond acceptors (Lipinski definition) is 6. The smallest absolute Gasteiger partial charge is 0.230 e. The number of aromatic amines is 1. The summed E-state index contributed by atoms with van der Waals surface area (Å²) in [6.45, 7) is 0.438. The van der Waals surface area contributed by atoms with Gasteiger partial charge in [-0.3, -0.25) is 4.79 Å². The van der Waals surface area contributed by atoms with Crippen LogP contribution in [-0.2, 0) is 17.6 Å². The van der Waals surface area contributed by atoms with Crippen LogP contribution in [0.3, 0.4) is 0 Å². The Labute approximate surface area is 156 Å². The van der Waals surface area contributed by atoms with Crippen molar-refractivity contribution in [2.75, 3.05) is 6.54 Å². The van der Waals surface area contributed by atoms with Gasteiger partial charge in [-0.25, -0.2) is 9.37 Å². The van der Waals surface area contributed by atoms with E-state index in [0.29, 0.717) is 34.6 Å². The van der Waals surface area contributed by atoms with Crippen molar-refractivity contribution in [1.82, 2.24) is 25.1 Å². The molecule has 1 atom stereocenters. The van der Waals surface area contributed by atoms with E-state index in [0.717, 1.165) is 5.69 Å². The highest BCUT2D eigenvalue weighted by Crippen LogP contribution is 2.38. The number of benzene rings is 1. The number of H-pyrrole nitrogens is 1. The van der Waals surface area contributed by atoms with Crippen LogP contribution in [0.4, 0.5) is 4.39 Å². The minimum atomic E-state index is -0.715. The fraction of sp³-hybridized carbons (Fsp3) is 0.222. The Morgan fingerprint density at radius 1 is 1.41 bits per heavy atom. The number of halogens is 1. The van der Waals surface area contributed by atoms with Crippen molar-refractivity contribution in [2.45, 2.75) is 18.9 Å². The fourth-order valence-electron chi connectivity index (χ4n) is 3.52. The number of carbonyl (C=O) groups is 1. The van der Waals surface area contributed by atoms with E-state index in [9.17, 15) is 4.79 Å². The average Bonchev–Trinajstić information content (AvgIpc) is 3.41. The monoisotopic (exact) mass is 383 g/mol. The summed E-state index contributed by atoms with van der Waals surface area (Å²) < 4.78 is 21.0. The first-order valence-corrected chi connectivity index (χ1v) is 9.34. The topological polar surface area (TPSA) is 87.9 Å². The molecule has 4 aromatic rings. The molecule has 0 aliphatic carbocycles. The van der Waals surface area contributed by atoms with Gasteiger partial charge >= 0.3 is 0 Å². The lowest BCUT2D eigenvalue weighted by atomic mass is 9.99. The molecule has 7 nitrogen and oxygen atoms in total. The van der Waals surface area contributed by atoms with Crippen LogP contribution in [0.25, 0.3) is 11.0 Å². The van der Waals surface area contributed by atoms with Gasteiger partial charge < -0.3 is 14.3 Å². The standard InChI is InChI=1S/C18H14FN5O2S/c19-15-10-3-1-2-4-12(10)26-18(15)17-16-11(20-8-21-16)5-6-24(17)14(25)7-13-23-22-9-27-13/h1-4,8-9,17H,5-7H2,(H,20,21)/t17-/m1/s1. The van der Waals surface area contributed by atoms with Gasteiger partial charge in [0.1, 0.15) is 22.1 Å². The lowest BCUT2D eigenvalue weighted by Crippen LogP contribution is -2.41. The highest BCUT2D eigenvalue weighted by atomic mass is 32.1. The minimum Gasteiger partial charge on any atom is -0.455 e. The maximum atomic E-state index is 15.1. The molecule has 9 heteroatoms. The molecule has 1 aliphatic heterocycles. The number of rotatable bonds is 3. The molecule has 136 valence electrons. The highest BCUT2D eigenvalue weighted by molar-refractivity contribution is 7.09. The van der Waals surface area contributed by atoms with Crippen molar-refractivity contribution in [2.24, 2.45) is 0 Å². The Morgan fingerprint density at radius 3 is 3.11 bits per heavy atom. The molecule has 1 amide bonds. The number of carbonyl (C=O) groups excluding carboxylic acids is 1. The van der Waals surface area contributed by atoms with E-state index in [1.165, 1.54) is 11.3 Å². The summed E-state index contributed by atoms with van der Waals surface area (Å²) in [7, 11) is 0. The van der Waals surface area contributed by atoms with Gasteiger partial charge in [-0.15, -0.1) is 21.5 Å². The molecular formula is C18H14FN5O2S. The maximum Gasteiger partial charge on any atom is 0.230 e. The Morgan fingerprint density at radius 2 is 2.30 bits per heavy atom. The molecule has 0 spiro atoms. The van der Waals surface area contributed by atoms with Crippen LogP contribution in [0.1, 0.15) is 28.2 Å². The third kappa shape index (κ3) is 2.62. The van der Waals surface area contributed by atoms with Gasteiger partial charge in [-0.2, -0.15) is 0 Å². The summed E-state index contributed by atoms with van der Waals surface area (Å²) in [5, 5.41) is 8.72. The van der Waals surface area contributed by atoms with Gasteiger partial charge in [-0.1, -0.05) is 12.1 Å². The van der Waals surface area contributed by atoms with Crippen molar-refractivity contribution in [1.29, 1.82) is 0 Å². The first-order valence-electron chi connectivity index (χ1n) is 8.46. The quantitative estimate of drug-likeness (QED) is 0.588. The number of aromatic nitrogens is 4. The second-order valence-electron chi connectivity index (χ2n) is 6.29. The van der Waals surface area contributed by atoms with E-state index in [4.69, 9.17) is 4.42 Å². The zero-order valence-electron chi connectivity index (χ0n) is 14.1. The van der Waals surface area contributed by atoms with Gasteiger partial charge in [0.2, 0.25) is 5.91 Å². The molecule has 0 bridgehead atoms. The third-order valence-corrected chi connectivity index (χ3v) is 5.46. The number of furan rings is 1. The predicted octanol–water partition coefficient (Wildman–Crippen LogP) is 2.86. The number of hydrogen-bond donors (Lipinski definition) is 1. The van der Waals surface area contributed by atoms with Crippen molar-refractivity contribution in [3.05, 3.63) is 64.1 Å². The summed E-state index contributed by atoms with van der Waals surface area (Å²) >= 11 is 1.32. The van der Waals surface area contributed by atoms with Crippen molar-refractivity contribution in [3.8, 4) is 0 Å². The Hall–Kier alpha value is -3.07. The second-order valence-corrected chi connectivity index (χ2v) is 7.21. The Balaban J connectivity index is 1.60. The van der Waals surface area contributed by atoms with E-state index in [-0.39, 0.29) is 18.1 Å². The van der Waals surface area contributed by atoms with Gasteiger partial charge in [0.25, 0.3) is 0 Å². The maximum absolute atomic E-state index is 15.1. The summed E-state index contributed by atoms with van der Waals surface area (Å²) in [5.74, 6) is -0.514. The van der Waals surface area contributed by atoms with Crippen LogP contribution in [0.5, 0.6) is 0 Å². The van der Waals surface area contributed by atoms with Crippen LogP contribution >= 0.6 is 11.3 Å². The molecule has 1 aromatic carbocycles. The average molecular weight is 383 g/mol. The van der Waals surface area contributed by atoms with Gasteiger partial charge in [-0.05, 0) is 12.1 Å². The first-order chi connectivity index (χ1) is 13.2. The number of fused-ring (bicyclic) bond motifs is 2. The summed E-state index contributed by atoms with van der Waals surface area (Å²) in [5.41, 5.74) is 3.54. The summed E-state index contributed by atoms with van der Waals surface area (Å²) in [6.07, 6.45) is 2.30. The lowest BCUT2D eigenvalue weighted by Gasteiger charge is -2.33. The Bertz CT molecular complexity index is 1120. The molecule has 1 aliphatic rings.